The number of benzene rings is 2. The van der Waals surface area contributed by atoms with Gasteiger partial charge in [0.05, 0.1) is 11.4 Å². The highest BCUT2D eigenvalue weighted by Gasteiger charge is 2.11. The number of ether oxygens (including phenoxy) is 1. The highest BCUT2D eigenvalue weighted by Crippen LogP contribution is 2.23. The van der Waals surface area contributed by atoms with Gasteiger partial charge in [-0.05, 0) is 65.2 Å². The van der Waals surface area contributed by atoms with Crippen LogP contribution in [0.4, 0.5) is 5.69 Å². The number of anilines is 1. The molecule has 0 aliphatic rings. The number of carbonyl (C=O) groups is 1. The largest absolute Gasteiger partial charge is 0.484 e. The van der Waals surface area contributed by atoms with Crippen LogP contribution >= 0.6 is 27.7 Å². The van der Waals surface area contributed by atoms with E-state index in [0.717, 1.165) is 27.0 Å². The molecule has 0 spiro atoms. The number of carbonyl (C=O) groups excluding carboxylic acids is 1. The van der Waals surface area contributed by atoms with Crippen molar-refractivity contribution in [1.29, 1.82) is 0 Å². The first kappa shape index (κ1) is 19.4. The second-order valence-corrected chi connectivity index (χ2v) is 7.67. The molecule has 3 aromatic rings. The summed E-state index contributed by atoms with van der Waals surface area (Å²) >= 11 is 4.57. The summed E-state index contributed by atoms with van der Waals surface area (Å²) in [6.07, 6.45) is 0. The van der Waals surface area contributed by atoms with E-state index in [1.165, 1.54) is 11.8 Å². The van der Waals surface area contributed by atoms with E-state index in [1.807, 2.05) is 50.2 Å². The van der Waals surface area contributed by atoms with E-state index >= 15 is 0 Å². The maximum Gasteiger partial charge on any atom is 0.277 e. The summed E-state index contributed by atoms with van der Waals surface area (Å²) in [7, 11) is 0. The van der Waals surface area contributed by atoms with Crippen molar-refractivity contribution >= 4 is 39.3 Å². The van der Waals surface area contributed by atoms with Crippen molar-refractivity contribution in [3.8, 4) is 5.75 Å². The molecule has 27 heavy (non-hydrogen) atoms. The van der Waals surface area contributed by atoms with Gasteiger partial charge in [-0.3, -0.25) is 4.79 Å². The fourth-order valence-corrected chi connectivity index (χ4v) is 3.36. The molecule has 1 amide bonds. The summed E-state index contributed by atoms with van der Waals surface area (Å²) in [5.74, 6) is 1.13. The molecular formula is C19H18BrN3O3S. The third-order valence-corrected chi connectivity index (χ3v) is 4.99. The van der Waals surface area contributed by atoms with Crippen molar-refractivity contribution in [3.05, 3.63) is 64.0 Å². The van der Waals surface area contributed by atoms with Gasteiger partial charge in [0.15, 0.2) is 6.61 Å². The SMILES string of the molecule is Cc1cc(C)cc(OCc2nnc(SCC(=O)Nc3ccccc3Br)o2)c1. The number of para-hydroxylation sites is 1. The van der Waals surface area contributed by atoms with Gasteiger partial charge in [0.2, 0.25) is 5.91 Å². The van der Waals surface area contributed by atoms with E-state index in [1.54, 1.807) is 0 Å². The molecule has 0 unspecified atom stereocenters. The van der Waals surface area contributed by atoms with Crippen molar-refractivity contribution in [2.45, 2.75) is 25.7 Å². The van der Waals surface area contributed by atoms with Gasteiger partial charge in [0.25, 0.3) is 11.1 Å². The number of amides is 1. The lowest BCUT2D eigenvalue weighted by atomic mass is 10.1. The highest BCUT2D eigenvalue weighted by atomic mass is 79.9. The molecule has 3 rings (SSSR count). The maximum absolute atomic E-state index is 12.1. The van der Waals surface area contributed by atoms with Gasteiger partial charge in [-0.15, -0.1) is 10.2 Å². The van der Waals surface area contributed by atoms with Gasteiger partial charge in [0, 0.05) is 4.47 Å². The lowest BCUT2D eigenvalue weighted by Crippen LogP contribution is -2.14. The Balaban J connectivity index is 1.49. The van der Waals surface area contributed by atoms with Gasteiger partial charge < -0.3 is 14.5 Å². The van der Waals surface area contributed by atoms with Gasteiger partial charge in [-0.25, -0.2) is 0 Å². The molecule has 1 heterocycles. The van der Waals surface area contributed by atoms with Crippen LogP contribution in [0.15, 0.2) is 56.6 Å². The number of rotatable bonds is 7. The standard InChI is InChI=1S/C19H18BrN3O3S/c1-12-7-13(2)9-14(8-12)25-10-18-22-23-19(26-18)27-11-17(24)21-16-6-4-3-5-15(16)20/h3-9H,10-11H2,1-2H3,(H,21,24). The van der Waals surface area contributed by atoms with Crippen molar-refractivity contribution < 1.29 is 13.9 Å². The third-order valence-electron chi connectivity index (χ3n) is 3.48. The smallest absolute Gasteiger partial charge is 0.277 e. The Kier molecular flexibility index (Phi) is 6.52. The topological polar surface area (TPSA) is 77.2 Å². The average Bonchev–Trinajstić information content (AvgIpc) is 3.07. The van der Waals surface area contributed by atoms with Crippen LogP contribution in [0.1, 0.15) is 17.0 Å². The fourth-order valence-electron chi connectivity index (χ4n) is 2.39. The first-order valence-corrected chi connectivity index (χ1v) is 9.98. The summed E-state index contributed by atoms with van der Waals surface area (Å²) in [5, 5.41) is 11.0. The molecule has 0 aliphatic carbocycles. The molecule has 0 atom stereocenters. The Labute approximate surface area is 169 Å². The van der Waals surface area contributed by atoms with Gasteiger partial charge in [-0.1, -0.05) is 30.0 Å². The first-order valence-electron chi connectivity index (χ1n) is 8.20. The number of thioether (sulfide) groups is 1. The molecule has 1 aromatic heterocycles. The van der Waals surface area contributed by atoms with E-state index in [0.29, 0.717) is 11.1 Å². The quantitative estimate of drug-likeness (QED) is 0.526. The number of nitrogens with one attached hydrogen (secondary N) is 1. The minimum absolute atomic E-state index is 0.155. The van der Waals surface area contributed by atoms with Crippen LogP contribution in [0.2, 0.25) is 0 Å². The second kappa shape index (κ2) is 9.05. The molecule has 0 radical (unpaired) electrons. The molecular weight excluding hydrogens is 430 g/mol. The Morgan fingerprint density at radius 2 is 1.93 bits per heavy atom. The zero-order valence-electron chi connectivity index (χ0n) is 14.9. The van der Waals surface area contributed by atoms with Gasteiger partial charge in [-0.2, -0.15) is 0 Å². The predicted octanol–water partition coefficient (Wildman–Crippen LogP) is 4.76. The minimum Gasteiger partial charge on any atom is -0.484 e. The van der Waals surface area contributed by atoms with Crippen molar-refractivity contribution in [3.63, 3.8) is 0 Å². The van der Waals surface area contributed by atoms with Crippen LogP contribution in [0.3, 0.4) is 0 Å². The first-order chi connectivity index (χ1) is 13.0. The number of hydrogen-bond acceptors (Lipinski definition) is 6. The van der Waals surface area contributed by atoms with Gasteiger partial charge >= 0.3 is 0 Å². The summed E-state index contributed by atoms with van der Waals surface area (Å²) in [6.45, 7) is 4.21. The lowest BCUT2D eigenvalue weighted by molar-refractivity contribution is -0.113. The van der Waals surface area contributed by atoms with Crippen molar-refractivity contribution in [2.24, 2.45) is 0 Å². The van der Waals surface area contributed by atoms with E-state index < -0.39 is 0 Å². The number of aryl methyl sites for hydroxylation is 2. The molecule has 140 valence electrons. The molecule has 0 aliphatic heterocycles. The lowest BCUT2D eigenvalue weighted by Gasteiger charge is -2.06. The summed E-state index contributed by atoms with van der Waals surface area (Å²) < 4.78 is 12.0. The molecule has 0 saturated carbocycles. The van der Waals surface area contributed by atoms with Crippen molar-refractivity contribution in [1.82, 2.24) is 10.2 Å². The number of hydrogen-bond donors (Lipinski definition) is 1. The molecule has 0 bridgehead atoms. The number of halogens is 1. The number of aromatic nitrogens is 2. The number of nitrogens with zero attached hydrogens (tertiary/aromatic N) is 2. The van der Waals surface area contributed by atoms with Crippen LogP contribution in [0, 0.1) is 13.8 Å². The van der Waals surface area contributed by atoms with E-state index in [-0.39, 0.29) is 18.3 Å². The second-order valence-electron chi connectivity index (χ2n) is 5.89. The average molecular weight is 448 g/mol. The maximum atomic E-state index is 12.1. The Morgan fingerprint density at radius 1 is 1.19 bits per heavy atom. The summed E-state index contributed by atoms with van der Waals surface area (Å²) in [6, 6.07) is 13.4. The van der Waals surface area contributed by atoms with Crippen molar-refractivity contribution in [2.75, 3.05) is 11.1 Å². The zero-order valence-corrected chi connectivity index (χ0v) is 17.3. The molecule has 1 N–H and O–H groups in total. The normalized spacial score (nSPS) is 10.6. The van der Waals surface area contributed by atoms with Crippen LogP contribution in [-0.2, 0) is 11.4 Å². The fraction of sp³-hybridized carbons (Fsp3) is 0.211. The highest BCUT2D eigenvalue weighted by molar-refractivity contribution is 9.10. The zero-order chi connectivity index (χ0) is 19.2. The van der Waals surface area contributed by atoms with Gasteiger partial charge in [0.1, 0.15) is 5.75 Å². The molecule has 0 fully saturated rings. The Morgan fingerprint density at radius 3 is 2.67 bits per heavy atom. The van der Waals surface area contributed by atoms with E-state index in [9.17, 15) is 4.79 Å². The third kappa shape index (κ3) is 5.83. The van der Waals surface area contributed by atoms with E-state index in [4.69, 9.17) is 9.15 Å². The molecule has 8 heteroatoms. The molecule has 6 nitrogen and oxygen atoms in total. The molecule has 0 saturated heterocycles. The molecule has 2 aromatic carbocycles. The van der Waals surface area contributed by atoms with Crippen LogP contribution in [-0.4, -0.2) is 21.9 Å². The Hall–Kier alpha value is -2.32. The minimum atomic E-state index is -0.155. The Bertz CT molecular complexity index is 925. The van der Waals surface area contributed by atoms with Crippen LogP contribution in [0.25, 0.3) is 0 Å². The summed E-state index contributed by atoms with van der Waals surface area (Å²) in [5.41, 5.74) is 2.97. The van der Waals surface area contributed by atoms with Crippen LogP contribution in [0.5, 0.6) is 5.75 Å². The van der Waals surface area contributed by atoms with Crippen LogP contribution < -0.4 is 10.1 Å². The summed E-state index contributed by atoms with van der Waals surface area (Å²) in [4.78, 5) is 12.1. The predicted molar refractivity (Wildman–Crippen MR) is 108 cm³/mol. The monoisotopic (exact) mass is 447 g/mol. The van der Waals surface area contributed by atoms with E-state index in [2.05, 4.69) is 37.5 Å².